The zero-order valence-corrected chi connectivity index (χ0v) is 7.16. The Morgan fingerprint density at radius 3 is 2.86 bits per heavy atom. The molecule has 0 saturated carbocycles. The van der Waals surface area contributed by atoms with Crippen molar-refractivity contribution in [2.45, 2.75) is 0 Å². The van der Waals surface area contributed by atoms with Crippen LogP contribution in [0.2, 0.25) is 0 Å². The first-order chi connectivity index (χ1) is 6.83. The number of nitrogens with one attached hydrogen (secondary N) is 1. The maximum Gasteiger partial charge on any atom is 0.133 e. The standard InChI is InChI=1S/C10H6FN3/c11-8-3-1-2-7(6-12)10(8)9-4-5-13-14-9/h1-5H,(H,13,14). The summed E-state index contributed by atoms with van der Waals surface area (Å²) in [4.78, 5) is 0. The van der Waals surface area contributed by atoms with Crippen LogP contribution >= 0.6 is 0 Å². The molecule has 2 aromatic rings. The smallest absolute Gasteiger partial charge is 0.133 e. The summed E-state index contributed by atoms with van der Waals surface area (Å²) >= 11 is 0. The van der Waals surface area contributed by atoms with Crippen LogP contribution in [0.4, 0.5) is 4.39 Å². The van der Waals surface area contributed by atoms with Crippen molar-refractivity contribution in [2.24, 2.45) is 0 Å². The van der Waals surface area contributed by atoms with Crippen LogP contribution in [-0.2, 0) is 0 Å². The van der Waals surface area contributed by atoms with Crippen molar-refractivity contribution in [3.8, 4) is 17.3 Å². The van der Waals surface area contributed by atoms with E-state index < -0.39 is 5.82 Å². The molecule has 3 nitrogen and oxygen atoms in total. The van der Waals surface area contributed by atoms with Crippen molar-refractivity contribution in [2.75, 3.05) is 0 Å². The third-order valence-electron chi connectivity index (χ3n) is 1.90. The minimum Gasteiger partial charge on any atom is -0.278 e. The highest BCUT2D eigenvalue weighted by Gasteiger charge is 2.10. The number of benzene rings is 1. The highest BCUT2D eigenvalue weighted by atomic mass is 19.1. The molecule has 0 amide bonds. The summed E-state index contributed by atoms with van der Waals surface area (Å²) in [5.41, 5.74) is 1.08. The van der Waals surface area contributed by atoms with Crippen molar-refractivity contribution >= 4 is 0 Å². The Morgan fingerprint density at radius 2 is 2.21 bits per heavy atom. The molecule has 0 aliphatic heterocycles. The van der Waals surface area contributed by atoms with E-state index in [0.29, 0.717) is 11.3 Å². The molecule has 14 heavy (non-hydrogen) atoms. The minimum atomic E-state index is -0.423. The fraction of sp³-hybridized carbons (Fsp3) is 0. The lowest BCUT2D eigenvalue weighted by Gasteiger charge is -2.01. The van der Waals surface area contributed by atoms with Crippen molar-refractivity contribution in [3.63, 3.8) is 0 Å². The van der Waals surface area contributed by atoms with E-state index in [1.807, 2.05) is 6.07 Å². The summed E-state index contributed by atoms with van der Waals surface area (Å²) in [6, 6.07) is 7.95. The van der Waals surface area contributed by atoms with E-state index in [1.54, 1.807) is 12.1 Å². The Morgan fingerprint density at radius 1 is 1.36 bits per heavy atom. The molecular weight excluding hydrogens is 181 g/mol. The number of H-pyrrole nitrogens is 1. The maximum atomic E-state index is 13.4. The van der Waals surface area contributed by atoms with Crippen LogP contribution in [0.15, 0.2) is 30.5 Å². The van der Waals surface area contributed by atoms with E-state index >= 15 is 0 Å². The number of aromatic amines is 1. The van der Waals surface area contributed by atoms with Crippen LogP contribution in [0.1, 0.15) is 5.56 Å². The van der Waals surface area contributed by atoms with Gasteiger partial charge in [-0.15, -0.1) is 0 Å². The Hall–Kier alpha value is -2.15. The first kappa shape index (κ1) is 8.45. The predicted molar refractivity (Wildman–Crippen MR) is 48.7 cm³/mol. The molecule has 0 saturated heterocycles. The number of halogens is 1. The van der Waals surface area contributed by atoms with Gasteiger partial charge < -0.3 is 0 Å². The van der Waals surface area contributed by atoms with E-state index in [0.717, 1.165) is 0 Å². The van der Waals surface area contributed by atoms with Crippen molar-refractivity contribution < 1.29 is 4.39 Å². The third kappa shape index (κ3) is 1.25. The number of rotatable bonds is 1. The SMILES string of the molecule is N#Cc1cccc(F)c1-c1ccn[nH]1. The number of nitrogens with zero attached hydrogens (tertiary/aromatic N) is 2. The summed E-state index contributed by atoms with van der Waals surface area (Å²) < 4.78 is 13.4. The number of aromatic nitrogens is 2. The number of hydrogen-bond donors (Lipinski definition) is 1. The molecule has 0 radical (unpaired) electrons. The van der Waals surface area contributed by atoms with Gasteiger partial charge in [-0.1, -0.05) is 6.07 Å². The molecule has 1 aromatic carbocycles. The normalized spacial score (nSPS) is 9.71. The first-order valence-electron chi connectivity index (χ1n) is 4.01. The van der Waals surface area contributed by atoms with Gasteiger partial charge in [0.05, 0.1) is 22.9 Å². The van der Waals surface area contributed by atoms with Crippen LogP contribution < -0.4 is 0 Å². The highest BCUT2D eigenvalue weighted by Crippen LogP contribution is 2.23. The van der Waals surface area contributed by atoms with Gasteiger partial charge in [-0.05, 0) is 18.2 Å². The minimum absolute atomic E-state index is 0.271. The van der Waals surface area contributed by atoms with Gasteiger partial charge in [0.25, 0.3) is 0 Å². The molecular formula is C10H6FN3. The van der Waals surface area contributed by atoms with Crippen molar-refractivity contribution in [1.82, 2.24) is 10.2 Å². The zero-order valence-electron chi connectivity index (χ0n) is 7.16. The number of hydrogen-bond acceptors (Lipinski definition) is 2. The molecule has 0 spiro atoms. The molecule has 0 aliphatic rings. The lowest BCUT2D eigenvalue weighted by Crippen LogP contribution is -1.89. The molecule has 1 aromatic heterocycles. The van der Waals surface area contributed by atoms with Gasteiger partial charge in [-0.2, -0.15) is 10.4 Å². The highest BCUT2D eigenvalue weighted by molar-refractivity contribution is 5.67. The number of nitriles is 1. The van der Waals surface area contributed by atoms with Gasteiger partial charge in [0, 0.05) is 6.20 Å². The molecule has 4 heteroatoms. The fourth-order valence-corrected chi connectivity index (χ4v) is 1.29. The fourth-order valence-electron chi connectivity index (χ4n) is 1.29. The van der Waals surface area contributed by atoms with Gasteiger partial charge >= 0.3 is 0 Å². The second kappa shape index (κ2) is 3.30. The maximum absolute atomic E-state index is 13.4. The summed E-state index contributed by atoms with van der Waals surface area (Å²) in [6.07, 6.45) is 1.52. The molecule has 68 valence electrons. The predicted octanol–water partition coefficient (Wildman–Crippen LogP) is 2.09. The van der Waals surface area contributed by atoms with Gasteiger partial charge in [-0.3, -0.25) is 5.10 Å². The van der Waals surface area contributed by atoms with Gasteiger partial charge in [0.1, 0.15) is 5.82 Å². The van der Waals surface area contributed by atoms with Crippen LogP contribution in [0.5, 0.6) is 0 Å². The van der Waals surface area contributed by atoms with E-state index in [4.69, 9.17) is 5.26 Å². The first-order valence-corrected chi connectivity index (χ1v) is 4.01. The van der Waals surface area contributed by atoms with Crippen molar-refractivity contribution in [1.29, 1.82) is 5.26 Å². The second-order valence-corrected chi connectivity index (χ2v) is 2.74. The Kier molecular flexibility index (Phi) is 1.99. The van der Waals surface area contributed by atoms with E-state index in [9.17, 15) is 4.39 Å². The average molecular weight is 187 g/mol. The topological polar surface area (TPSA) is 52.5 Å². The largest absolute Gasteiger partial charge is 0.278 e. The second-order valence-electron chi connectivity index (χ2n) is 2.74. The monoisotopic (exact) mass is 187 g/mol. The van der Waals surface area contributed by atoms with Crippen LogP contribution in [0.3, 0.4) is 0 Å². The van der Waals surface area contributed by atoms with Crippen LogP contribution in [0.25, 0.3) is 11.3 Å². The van der Waals surface area contributed by atoms with E-state index in [1.165, 1.54) is 18.3 Å². The van der Waals surface area contributed by atoms with Crippen molar-refractivity contribution in [3.05, 3.63) is 41.8 Å². The summed E-state index contributed by atoms with van der Waals surface area (Å²) in [6.45, 7) is 0. The van der Waals surface area contributed by atoms with E-state index in [-0.39, 0.29) is 5.56 Å². The summed E-state index contributed by atoms with van der Waals surface area (Å²) in [5.74, 6) is -0.423. The average Bonchev–Trinajstić information content (AvgIpc) is 2.70. The Balaban J connectivity index is 2.69. The molecule has 0 unspecified atom stereocenters. The van der Waals surface area contributed by atoms with Gasteiger partial charge in [-0.25, -0.2) is 4.39 Å². The summed E-state index contributed by atoms with van der Waals surface area (Å²) in [5, 5.41) is 15.1. The molecule has 0 aliphatic carbocycles. The van der Waals surface area contributed by atoms with Gasteiger partial charge in [0.15, 0.2) is 0 Å². The van der Waals surface area contributed by atoms with Crippen LogP contribution in [0, 0.1) is 17.1 Å². The van der Waals surface area contributed by atoms with Gasteiger partial charge in [0.2, 0.25) is 0 Å². The molecule has 1 heterocycles. The lowest BCUT2D eigenvalue weighted by atomic mass is 10.1. The van der Waals surface area contributed by atoms with E-state index in [2.05, 4.69) is 10.2 Å². The third-order valence-corrected chi connectivity index (χ3v) is 1.90. The molecule has 1 N–H and O–H groups in total. The quantitative estimate of drug-likeness (QED) is 0.743. The summed E-state index contributed by atoms with van der Waals surface area (Å²) in [7, 11) is 0. The zero-order chi connectivity index (χ0) is 9.97. The molecule has 0 fully saturated rings. The molecule has 0 bridgehead atoms. The Bertz CT molecular complexity index is 483. The molecule has 0 atom stereocenters. The Labute approximate surface area is 79.8 Å². The lowest BCUT2D eigenvalue weighted by molar-refractivity contribution is 0.630. The van der Waals surface area contributed by atoms with Crippen LogP contribution in [-0.4, -0.2) is 10.2 Å². The molecule has 2 rings (SSSR count).